The van der Waals surface area contributed by atoms with Crippen LogP contribution in [-0.4, -0.2) is 14.8 Å². The van der Waals surface area contributed by atoms with Crippen molar-refractivity contribution in [3.63, 3.8) is 0 Å². The summed E-state index contributed by atoms with van der Waals surface area (Å²) < 4.78 is 15.0. The quantitative estimate of drug-likeness (QED) is 0.898. The Balaban J connectivity index is 2.47. The molecule has 7 heteroatoms. The minimum absolute atomic E-state index is 0.285. The van der Waals surface area contributed by atoms with Gasteiger partial charge in [-0.05, 0) is 48.9 Å². The standard InChI is InChI=1S/C12H15FN4OS/c1-6-4-10(8(7(2)14)5-9(6)13)19-12-16-15-11(18)17(12)3/h4-5,7H,14H2,1-3H3,(H,15,18). The molecule has 0 saturated heterocycles. The molecular formula is C12H15FN4OS. The normalized spacial score (nSPS) is 12.7. The van der Waals surface area contributed by atoms with Crippen molar-refractivity contribution in [3.8, 4) is 0 Å². The first-order chi connectivity index (χ1) is 8.90. The Kier molecular flexibility index (Phi) is 3.77. The van der Waals surface area contributed by atoms with Crippen LogP contribution in [0.25, 0.3) is 0 Å². The van der Waals surface area contributed by atoms with Crippen molar-refractivity contribution in [3.05, 3.63) is 39.6 Å². The molecule has 1 heterocycles. The Morgan fingerprint density at radius 2 is 2.21 bits per heavy atom. The fraction of sp³-hybridized carbons (Fsp3) is 0.333. The van der Waals surface area contributed by atoms with Gasteiger partial charge in [0, 0.05) is 18.0 Å². The number of benzene rings is 1. The average molecular weight is 282 g/mol. The van der Waals surface area contributed by atoms with Crippen molar-refractivity contribution >= 4 is 11.8 Å². The second kappa shape index (κ2) is 5.18. The highest BCUT2D eigenvalue weighted by molar-refractivity contribution is 7.99. The van der Waals surface area contributed by atoms with Crippen molar-refractivity contribution in [2.75, 3.05) is 0 Å². The minimum Gasteiger partial charge on any atom is -0.324 e. The lowest BCUT2D eigenvalue weighted by Gasteiger charge is -2.13. The Morgan fingerprint density at radius 3 is 2.74 bits per heavy atom. The van der Waals surface area contributed by atoms with Crippen molar-refractivity contribution in [1.82, 2.24) is 14.8 Å². The lowest BCUT2D eigenvalue weighted by atomic mass is 10.1. The fourth-order valence-electron chi connectivity index (χ4n) is 1.64. The Labute approximate surface area is 114 Å². The third-order valence-corrected chi connectivity index (χ3v) is 3.94. The van der Waals surface area contributed by atoms with Gasteiger partial charge in [0.15, 0.2) is 5.16 Å². The van der Waals surface area contributed by atoms with E-state index < -0.39 is 0 Å². The Hall–Kier alpha value is -1.60. The van der Waals surface area contributed by atoms with Crippen LogP contribution in [0.1, 0.15) is 24.1 Å². The molecule has 0 fully saturated rings. The van der Waals surface area contributed by atoms with Crippen LogP contribution in [0.3, 0.4) is 0 Å². The first kappa shape index (κ1) is 13.8. The van der Waals surface area contributed by atoms with E-state index in [1.165, 1.54) is 22.4 Å². The molecule has 2 rings (SSSR count). The maximum atomic E-state index is 13.6. The van der Waals surface area contributed by atoms with Crippen LogP contribution >= 0.6 is 11.8 Å². The van der Waals surface area contributed by atoms with Crippen LogP contribution in [0, 0.1) is 12.7 Å². The maximum absolute atomic E-state index is 13.6. The van der Waals surface area contributed by atoms with Crippen LogP contribution in [0.15, 0.2) is 27.0 Å². The predicted octanol–water partition coefficient (Wildman–Crippen LogP) is 1.73. The summed E-state index contributed by atoms with van der Waals surface area (Å²) in [6, 6.07) is 2.86. The molecule has 0 saturated carbocycles. The molecule has 5 nitrogen and oxygen atoms in total. The third kappa shape index (κ3) is 2.71. The minimum atomic E-state index is -0.298. The fourth-order valence-corrected chi connectivity index (χ4v) is 2.74. The molecule has 0 spiro atoms. The number of aromatic nitrogens is 3. The number of rotatable bonds is 3. The van der Waals surface area contributed by atoms with Gasteiger partial charge in [-0.2, -0.15) is 0 Å². The second-order valence-corrected chi connectivity index (χ2v) is 5.41. The summed E-state index contributed by atoms with van der Waals surface area (Å²) in [7, 11) is 1.62. The van der Waals surface area contributed by atoms with E-state index in [9.17, 15) is 9.18 Å². The smallest absolute Gasteiger partial charge is 0.324 e. The lowest BCUT2D eigenvalue weighted by Crippen LogP contribution is -2.13. The van der Waals surface area contributed by atoms with E-state index in [0.717, 1.165) is 4.90 Å². The topological polar surface area (TPSA) is 76.7 Å². The van der Waals surface area contributed by atoms with Crippen molar-refractivity contribution in [2.45, 2.75) is 29.9 Å². The predicted molar refractivity (Wildman–Crippen MR) is 71.7 cm³/mol. The first-order valence-electron chi connectivity index (χ1n) is 5.75. The highest BCUT2D eigenvalue weighted by Crippen LogP contribution is 2.32. The molecule has 0 aliphatic carbocycles. The average Bonchev–Trinajstić information content (AvgIpc) is 2.65. The molecule has 0 radical (unpaired) electrons. The van der Waals surface area contributed by atoms with Gasteiger partial charge in [-0.15, -0.1) is 5.10 Å². The highest BCUT2D eigenvalue weighted by Gasteiger charge is 2.14. The van der Waals surface area contributed by atoms with Gasteiger partial charge in [0.1, 0.15) is 5.82 Å². The molecule has 0 amide bonds. The second-order valence-electron chi connectivity index (χ2n) is 4.40. The van der Waals surface area contributed by atoms with E-state index in [1.54, 1.807) is 27.0 Å². The molecule has 1 unspecified atom stereocenters. The Bertz CT molecular complexity index is 662. The van der Waals surface area contributed by atoms with Gasteiger partial charge in [-0.1, -0.05) is 0 Å². The SMILES string of the molecule is Cc1cc(Sc2n[nH]c(=O)n2C)c(C(C)N)cc1F. The molecule has 3 N–H and O–H groups in total. The molecule has 0 aliphatic rings. The summed E-state index contributed by atoms with van der Waals surface area (Å²) in [5, 5.41) is 6.79. The number of hydrogen-bond acceptors (Lipinski definition) is 4. The molecule has 1 aromatic heterocycles. The molecule has 0 aliphatic heterocycles. The summed E-state index contributed by atoms with van der Waals surface area (Å²) >= 11 is 1.29. The van der Waals surface area contributed by atoms with Crippen molar-refractivity contribution in [1.29, 1.82) is 0 Å². The monoisotopic (exact) mass is 282 g/mol. The van der Waals surface area contributed by atoms with Crippen molar-refractivity contribution < 1.29 is 4.39 Å². The molecule has 1 aromatic carbocycles. The zero-order valence-electron chi connectivity index (χ0n) is 10.9. The summed E-state index contributed by atoms with van der Waals surface area (Å²) in [5.74, 6) is -0.285. The summed E-state index contributed by atoms with van der Waals surface area (Å²) in [5.41, 5.74) is 6.80. The first-order valence-corrected chi connectivity index (χ1v) is 6.56. The molecular weight excluding hydrogens is 267 g/mol. The van der Waals surface area contributed by atoms with Gasteiger partial charge in [0.25, 0.3) is 0 Å². The highest BCUT2D eigenvalue weighted by atomic mass is 32.2. The third-order valence-electron chi connectivity index (χ3n) is 2.82. The number of nitrogens with two attached hydrogens (primary N) is 1. The van der Waals surface area contributed by atoms with Crippen LogP contribution in [0.2, 0.25) is 0 Å². The van der Waals surface area contributed by atoms with E-state index >= 15 is 0 Å². The summed E-state index contributed by atoms with van der Waals surface area (Å²) in [4.78, 5) is 12.1. The number of aromatic amines is 1. The number of nitrogens with zero attached hydrogens (tertiary/aromatic N) is 2. The summed E-state index contributed by atoms with van der Waals surface area (Å²) in [6.45, 7) is 3.48. The van der Waals surface area contributed by atoms with E-state index in [4.69, 9.17) is 5.73 Å². The number of hydrogen-bond donors (Lipinski definition) is 2. The van der Waals surface area contributed by atoms with Gasteiger partial charge >= 0.3 is 5.69 Å². The van der Waals surface area contributed by atoms with E-state index in [-0.39, 0.29) is 17.5 Å². The molecule has 102 valence electrons. The zero-order valence-corrected chi connectivity index (χ0v) is 11.7. The van der Waals surface area contributed by atoms with Crippen LogP contribution in [0.4, 0.5) is 4.39 Å². The van der Waals surface area contributed by atoms with E-state index in [1.807, 2.05) is 0 Å². The largest absolute Gasteiger partial charge is 0.343 e. The zero-order chi connectivity index (χ0) is 14.2. The number of nitrogens with one attached hydrogen (secondary N) is 1. The van der Waals surface area contributed by atoms with Crippen LogP contribution < -0.4 is 11.4 Å². The van der Waals surface area contributed by atoms with E-state index in [2.05, 4.69) is 10.2 Å². The van der Waals surface area contributed by atoms with E-state index in [0.29, 0.717) is 16.3 Å². The van der Waals surface area contributed by atoms with Gasteiger partial charge in [0.05, 0.1) is 0 Å². The van der Waals surface area contributed by atoms with Gasteiger partial charge in [0.2, 0.25) is 0 Å². The molecule has 19 heavy (non-hydrogen) atoms. The Morgan fingerprint density at radius 1 is 1.53 bits per heavy atom. The number of halogens is 1. The van der Waals surface area contributed by atoms with Gasteiger partial charge in [-0.3, -0.25) is 4.57 Å². The number of H-pyrrole nitrogens is 1. The lowest BCUT2D eigenvalue weighted by molar-refractivity contribution is 0.610. The van der Waals surface area contributed by atoms with Gasteiger partial charge < -0.3 is 5.73 Å². The van der Waals surface area contributed by atoms with Crippen LogP contribution in [0.5, 0.6) is 0 Å². The maximum Gasteiger partial charge on any atom is 0.343 e. The molecule has 0 bridgehead atoms. The summed E-state index contributed by atoms with van der Waals surface area (Å²) in [6.07, 6.45) is 0. The van der Waals surface area contributed by atoms with Gasteiger partial charge in [-0.25, -0.2) is 14.3 Å². The number of aryl methyl sites for hydroxylation is 1. The van der Waals surface area contributed by atoms with Crippen LogP contribution in [-0.2, 0) is 7.05 Å². The van der Waals surface area contributed by atoms with Crippen molar-refractivity contribution in [2.24, 2.45) is 12.8 Å². The molecule has 2 aromatic rings. The molecule has 1 atom stereocenters.